The third-order valence-electron chi connectivity index (χ3n) is 3.84. The highest BCUT2D eigenvalue weighted by Gasteiger charge is 2.27. The van der Waals surface area contributed by atoms with Crippen molar-refractivity contribution in [3.63, 3.8) is 0 Å². The van der Waals surface area contributed by atoms with E-state index in [4.69, 9.17) is 11.6 Å². The molecule has 1 unspecified atom stereocenters. The van der Waals surface area contributed by atoms with Gasteiger partial charge in [-0.1, -0.05) is 35.5 Å². The maximum absolute atomic E-state index is 12.2. The van der Waals surface area contributed by atoms with Crippen molar-refractivity contribution >= 4 is 47.0 Å². The van der Waals surface area contributed by atoms with Crippen LogP contribution in [-0.4, -0.2) is 24.5 Å². The quantitative estimate of drug-likeness (QED) is 0.611. The van der Waals surface area contributed by atoms with Crippen LogP contribution < -0.4 is 10.6 Å². The maximum atomic E-state index is 12.2. The van der Waals surface area contributed by atoms with Crippen molar-refractivity contribution in [2.45, 2.75) is 12.4 Å². The molecule has 1 aliphatic heterocycles. The molecule has 2 N–H and O–H groups in total. The highest BCUT2D eigenvalue weighted by molar-refractivity contribution is 8.05. The lowest BCUT2D eigenvalue weighted by Crippen LogP contribution is -2.31. The van der Waals surface area contributed by atoms with Gasteiger partial charge in [-0.2, -0.15) is 0 Å². The summed E-state index contributed by atoms with van der Waals surface area (Å²) >= 11 is 7.37. The summed E-state index contributed by atoms with van der Waals surface area (Å²) in [5, 5.41) is 6.85. The number of hydrogen-bond acceptors (Lipinski definition) is 5. The predicted octanol–water partition coefficient (Wildman–Crippen LogP) is 4.03. The fourth-order valence-corrected chi connectivity index (χ4v) is 3.68. The molecule has 2 aromatic rings. The standard InChI is InChI=1S/C19H17ClN2O3S/c1-11-9-14(20)7-8-15(11)21-19-22-17(23)16(26-19)10-12-3-5-13(6-4-12)18(24)25-2/h3-10,19,21H,1-2H3,(H,22,23)/b16-10-. The molecule has 0 aromatic heterocycles. The van der Waals surface area contributed by atoms with Crippen molar-refractivity contribution in [2.24, 2.45) is 0 Å². The van der Waals surface area contributed by atoms with Gasteiger partial charge in [0.25, 0.3) is 5.91 Å². The first-order chi connectivity index (χ1) is 12.5. The summed E-state index contributed by atoms with van der Waals surface area (Å²) in [7, 11) is 1.34. The number of amides is 1. The van der Waals surface area contributed by atoms with Gasteiger partial charge in [-0.15, -0.1) is 0 Å². The van der Waals surface area contributed by atoms with E-state index in [1.807, 2.05) is 19.1 Å². The van der Waals surface area contributed by atoms with Gasteiger partial charge in [0.2, 0.25) is 0 Å². The number of thioether (sulfide) groups is 1. The minimum absolute atomic E-state index is 0.142. The first-order valence-corrected chi connectivity index (χ1v) is 9.12. The molecule has 0 radical (unpaired) electrons. The van der Waals surface area contributed by atoms with Gasteiger partial charge in [0.1, 0.15) is 0 Å². The number of carbonyl (C=O) groups excluding carboxylic acids is 2. The molecule has 1 heterocycles. The van der Waals surface area contributed by atoms with Crippen LogP contribution in [0.5, 0.6) is 0 Å². The highest BCUT2D eigenvalue weighted by atomic mass is 35.5. The second-order valence-electron chi connectivity index (χ2n) is 5.70. The van der Waals surface area contributed by atoms with E-state index in [1.54, 1.807) is 36.4 Å². The molecule has 1 saturated heterocycles. The lowest BCUT2D eigenvalue weighted by Gasteiger charge is -2.15. The van der Waals surface area contributed by atoms with Gasteiger partial charge in [-0.05, 0) is 54.5 Å². The molecule has 1 aliphatic rings. The molecule has 0 saturated carbocycles. The Bertz CT molecular complexity index is 881. The summed E-state index contributed by atoms with van der Waals surface area (Å²) in [6.07, 6.45) is 1.79. The van der Waals surface area contributed by atoms with E-state index in [1.165, 1.54) is 18.9 Å². The van der Waals surface area contributed by atoms with E-state index in [2.05, 4.69) is 15.4 Å². The van der Waals surface area contributed by atoms with Crippen LogP contribution >= 0.6 is 23.4 Å². The fourth-order valence-electron chi connectivity index (χ4n) is 2.48. The number of ether oxygens (including phenoxy) is 1. The number of benzene rings is 2. The van der Waals surface area contributed by atoms with Crippen molar-refractivity contribution in [3.05, 3.63) is 69.1 Å². The number of esters is 1. The summed E-state index contributed by atoms with van der Waals surface area (Å²) in [5.74, 6) is -0.532. The van der Waals surface area contributed by atoms with Crippen LogP contribution in [0.2, 0.25) is 5.02 Å². The second kappa shape index (κ2) is 7.85. The molecule has 26 heavy (non-hydrogen) atoms. The van der Waals surface area contributed by atoms with Gasteiger partial charge >= 0.3 is 5.97 Å². The van der Waals surface area contributed by atoms with Crippen molar-refractivity contribution in [1.82, 2.24) is 5.32 Å². The van der Waals surface area contributed by atoms with Crippen molar-refractivity contribution < 1.29 is 14.3 Å². The van der Waals surface area contributed by atoms with E-state index < -0.39 is 0 Å². The Morgan fingerprint density at radius 3 is 2.65 bits per heavy atom. The van der Waals surface area contributed by atoms with Gasteiger partial charge in [-0.3, -0.25) is 4.79 Å². The van der Waals surface area contributed by atoms with E-state index in [-0.39, 0.29) is 17.4 Å². The monoisotopic (exact) mass is 388 g/mol. The number of carbonyl (C=O) groups is 2. The number of halogens is 1. The summed E-state index contributed by atoms with van der Waals surface area (Å²) in [6, 6.07) is 12.4. The largest absolute Gasteiger partial charge is 0.465 e. The lowest BCUT2D eigenvalue weighted by atomic mass is 10.1. The summed E-state index contributed by atoms with van der Waals surface area (Å²) in [4.78, 5) is 24.3. The van der Waals surface area contributed by atoms with Crippen LogP contribution in [0.1, 0.15) is 21.5 Å². The maximum Gasteiger partial charge on any atom is 0.337 e. The molecule has 1 atom stereocenters. The zero-order chi connectivity index (χ0) is 18.7. The average Bonchev–Trinajstić information content (AvgIpc) is 2.96. The van der Waals surface area contributed by atoms with Crippen molar-refractivity contribution in [2.75, 3.05) is 12.4 Å². The number of anilines is 1. The summed E-state index contributed by atoms with van der Waals surface area (Å²) in [6.45, 7) is 1.95. The van der Waals surface area contributed by atoms with Gasteiger partial charge in [0.15, 0.2) is 5.50 Å². The first kappa shape index (κ1) is 18.4. The fraction of sp³-hybridized carbons (Fsp3) is 0.158. The number of nitrogens with one attached hydrogen (secondary N) is 2. The topological polar surface area (TPSA) is 67.4 Å². The minimum atomic E-state index is -0.389. The third-order valence-corrected chi connectivity index (χ3v) is 5.10. The molecule has 1 amide bonds. The molecule has 0 spiro atoms. The SMILES string of the molecule is COC(=O)c1ccc(/C=C2\SC(Nc3ccc(Cl)cc3C)NC2=O)cc1. The molecular formula is C19H17ClN2O3S. The van der Waals surface area contributed by atoms with E-state index in [0.29, 0.717) is 15.5 Å². The van der Waals surface area contributed by atoms with Crippen LogP contribution in [0.3, 0.4) is 0 Å². The smallest absolute Gasteiger partial charge is 0.337 e. The predicted molar refractivity (Wildman–Crippen MR) is 105 cm³/mol. The van der Waals surface area contributed by atoms with Gasteiger partial charge in [-0.25, -0.2) is 4.79 Å². The van der Waals surface area contributed by atoms with Gasteiger partial charge in [0, 0.05) is 10.7 Å². The molecule has 3 rings (SSSR count). The normalized spacial score (nSPS) is 17.9. The van der Waals surface area contributed by atoms with E-state index in [9.17, 15) is 9.59 Å². The Balaban J connectivity index is 1.71. The Hall–Kier alpha value is -2.44. The molecule has 134 valence electrons. The molecule has 5 nitrogen and oxygen atoms in total. The van der Waals surface area contributed by atoms with Crippen LogP contribution in [0.15, 0.2) is 47.4 Å². The molecule has 1 fully saturated rings. The Morgan fingerprint density at radius 2 is 2.00 bits per heavy atom. The van der Waals surface area contributed by atoms with E-state index >= 15 is 0 Å². The Morgan fingerprint density at radius 1 is 1.27 bits per heavy atom. The molecule has 0 aliphatic carbocycles. The third kappa shape index (κ3) is 4.20. The zero-order valence-corrected chi connectivity index (χ0v) is 15.8. The number of methoxy groups -OCH3 is 1. The number of rotatable bonds is 4. The minimum Gasteiger partial charge on any atom is -0.465 e. The molecule has 0 bridgehead atoms. The molecular weight excluding hydrogens is 372 g/mol. The van der Waals surface area contributed by atoms with Gasteiger partial charge < -0.3 is 15.4 Å². The highest BCUT2D eigenvalue weighted by Crippen LogP contribution is 2.31. The zero-order valence-electron chi connectivity index (χ0n) is 14.2. The number of aryl methyl sites for hydroxylation is 1. The summed E-state index contributed by atoms with van der Waals surface area (Å²) < 4.78 is 4.68. The van der Waals surface area contributed by atoms with Crippen molar-refractivity contribution in [1.29, 1.82) is 0 Å². The summed E-state index contributed by atoms with van der Waals surface area (Å²) in [5.41, 5.74) is 2.96. The average molecular weight is 389 g/mol. The lowest BCUT2D eigenvalue weighted by molar-refractivity contribution is -0.116. The first-order valence-electron chi connectivity index (χ1n) is 7.86. The van der Waals surface area contributed by atoms with Crippen LogP contribution in [-0.2, 0) is 9.53 Å². The molecule has 7 heteroatoms. The Kier molecular flexibility index (Phi) is 5.54. The van der Waals surface area contributed by atoms with Crippen LogP contribution in [0.4, 0.5) is 5.69 Å². The van der Waals surface area contributed by atoms with Crippen LogP contribution in [0, 0.1) is 6.92 Å². The van der Waals surface area contributed by atoms with E-state index in [0.717, 1.165) is 16.8 Å². The Labute approximate surface area is 160 Å². The second-order valence-corrected chi connectivity index (χ2v) is 7.28. The van der Waals surface area contributed by atoms with Gasteiger partial charge in [0.05, 0.1) is 17.6 Å². The van der Waals surface area contributed by atoms with Crippen molar-refractivity contribution in [3.8, 4) is 0 Å². The van der Waals surface area contributed by atoms with Crippen LogP contribution in [0.25, 0.3) is 6.08 Å². The molecule has 2 aromatic carbocycles. The number of hydrogen-bond donors (Lipinski definition) is 2.